The Morgan fingerprint density at radius 3 is 2.29 bits per heavy atom. The van der Waals surface area contributed by atoms with E-state index in [0.29, 0.717) is 5.56 Å². The predicted molar refractivity (Wildman–Crippen MR) is 82.8 cm³/mol. The van der Waals surface area contributed by atoms with Crippen LogP contribution in [-0.2, 0) is 6.42 Å². The van der Waals surface area contributed by atoms with Gasteiger partial charge in [0.05, 0.1) is 6.10 Å². The van der Waals surface area contributed by atoms with Crippen molar-refractivity contribution in [3.63, 3.8) is 0 Å². The number of hydrogen-bond acceptors (Lipinski definition) is 2. The topological polar surface area (TPSA) is 61.4 Å². The molecule has 1 unspecified atom stereocenters. The number of nitrogens with one attached hydrogen (secondary N) is 2. The summed E-state index contributed by atoms with van der Waals surface area (Å²) >= 11 is 0. The van der Waals surface area contributed by atoms with Gasteiger partial charge in [0.2, 0.25) is 0 Å². The molecule has 128 valence electrons. The van der Waals surface area contributed by atoms with E-state index in [9.17, 15) is 23.1 Å². The highest BCUT2D eigenvalue weighted by atomic mass is 19.2. The first-order valence-electron chi connectivity index (χ1n) is 7.35. The van der Waals surface area contributed by atoms with E-state index in [1.54, 1.807) is 24.3 Å². The molecule has 0 radical (unpaired) electrons. The Bertz CT molecular complexity index is 672. The number of rotatable bonds is 6. The lowest BCUT2D eigenvalue weighted by Crippen LogP contribution is -2.38. The molecule has 7 heteroatoms. The number of aliphatic hydroxyl groups is 1. The van der Waals surface area contributed by atoms with Crippen LogP contribution in [0.3, 0.4) is 0 Å². The van der Waals surface area contributed by atoms with Crippen molar-refractivity contribution in [3.05, 3.63) is 71.0 Å². The van der Waals surface area contributed by atoms with Gasteiger partial charge in [-0.1, -0.05) is 30.3 Å². The number of benzene rings is 2. The van der Waals surface area contributed by atoms with E-state index in [0.717, 1.165) is 12.1 Å². The quantitative estimate of drug-likeness (QED) is 0.709. The van der Waals surface area contributed by atoms with Gasteiger partial charge in [-0.15, -0.1) is 0 Å². The second kappa shape index (κ2) is 8.35. The third-order valence-electron chi connectivity index (χ3n) is 3.38. The Morgan fingerprint density at radius 1 is 1.04 bits per heavy atom. The maximum absolute atomic E-state index is 13.1. The number of hydrogen-bond donors (Lipinski definition) is 3. The van der Waals surface area contributed by atoms with Crippen LogP contribution in [0.25, 0.3) is 0 Å². The zero-order chi connectivity index (χ0) is 17.5. The minimum absolute atomic E-state index is 0.0235. The molecule has 0 aliphatic heterocycles. The summed E-state index contributed by atoms with van der Waals surface area (Å²) in [5.74, 6) is -4.04. The summed E-state index contributed by atoms with van der Waals surface area (Å²) in [5.41, 5.74) is 0.908. The molecule has 0 saturated heterocycles. The molecule has 2 rings (SSSR count). The van der Waals surface area contributed by atoms with Crippen LogP contribution in [0.5, 0.6) is 0 Å². The molecule has 0 bridgehead atoms. The van der Waals surface area contributed by atoms with Crippen molar-refractivity contribution in [1.29, 1.82) is 0 Å². The van der Waals surface area contributed by atoms with Gasteiger partial charge in [-0.3, -0.25) is 0 Å². The van der Waals surface area contributed by atoms with E-state index in [1.165, 1.54) is 0 Å². The second-order valence-electron chi connectivity index (χ2n) is 5.19. The third kappa shape index (κ3) is 4.99. The van der Waals surface area contributed by atoms with Gasteiger partial charge in [0.1, 0.15) is 0 Å². The smallest absolute Gasteiger partial charge is 0.314 e. The van der Waals surface area contributed by atoms with Gasteiger partial charge in [0.15, 0.2) is 17.5 Å². The van der Waals surface area contributed by atoms with E-state index < -0.39 is 29.6 Å². The van der Waals surface area contributed by atoms with Crippen molar-refractivity contribution in [2.75, 3.05) is 13.1 Å². The standard InChI is InChI=1S/C17H17F3N2O2/c18-13-8-11(9-14(19)16(13)20)6-7-21-17(24)22-10-15(23)12-4-2-1-3-5-12/h1-5,8-9,15,23H,6-7,10H2,(H2,21,22,24). The fraction of sp³-hybridized carbons (Fsp3) is 0.235. The lowest BCUT2D eigenvalue weighted by molar-refractivity contribution is 0.173. The summed E-state index contributed by atoms with van der Waals surface area (Å²) in [7, 11) is 0. The summed E-state index contributed by atoms with van der Waals surface area (Å²) in [6, 6.07) is 10.1. The fourth-order valence-corrected chi connectivity index (χ4v) is 2.12. The highest BCUT2D eigenvalue weighted by Crippen LogP contribution is 2.13. The highest BCUT2D eigenvalue weighted by Gasteiger charge is 2.11. The molecule has 4 nitrogen and oxygen atoms in total. The molecular formula is C17H17F3N2O2. The van der Waals surface area contributed by atoms with Crippen molar-refractivity contribution >= 4 is 6.03 Å². The molecule has 0 saturated carbocycles. The molecule has 0 aliphatic carbocycles. The fourth-order valence-electron chi connectivity index (χ4n) is 2.12. The van der Waals surface area contributed by atoms with Gasteiger partial charge in [-0.2, -0.15) is 0 Å². The summed E-state index contributed by atoms with van der Waals surface area (Å²) in [6.07, 6.45) is -0.694. The summed E-state index contributed by atoms with van der Waals surface area (Å²) in [4.78, 5) is 11.6. The Balaban J connectivity index is 1.74. The van der Waals surface area contributed by atoms with E-state index in [4.69, 9.17) is 0 Å². The Morgan fingerprint density at radius 2 is 1.67 bits per heavy atom. The van der Waals surface area contributed by atoms with Crippen LogP contribution in [0.1, 0.15) is 17.2 Å². The minimum atomic E-state index is -1.51. The molecule has 3 N–H and O–H groups in total. The molecule has 0 fully saturated rings. The van der Waals surface area contributed by atoms with Crippen LogP contribution in [0.4, 0.5) is 18.0 Å². The van der Waals surface area contributed by atoms with E-state index in [-0.39, 0.29) is 25.1 Å². The molecule has 1 atom stereocenters. The molecule has 0 heterocycles. The number of urea groups is 1. The van der Waals surface area contributed by atoms with E-state index >= 15 is 0 Å². The molecule has 0 aliphatic rings. The number of carbonyl (C=O) groups is 1. The average Bonchev–Trinajstić information content (AvgIpc) is 2.58. The van der Waals surface area contributed by atoms with Crippen molar-refractivity contribution in [2.24, 2.45) is 0 Å². The maximum Gasteiger partial charge on any atom is 0.314 e. The van der Waals surface area contributed by atoms with E-state index in [2.05, 4.69) is 10.6 Å². The van der Waals surface area contributed by atoms with Crippen LogP contribution in [0.15, 0.2) is 42.5 Å². The molecular weight excluding hydrogens is 321 g/mol. The largest absolute Gasteiger partial charge is 0.387 e. The minimum Gasteiger partial charge on any atom is -0.387 e. The number of amides is 2. The highest BCUT2D eigenvalue weighted by molar-refractivity contribution is 5.73. The first-order valence-corrected chi connectivity index (χ1v) is 7.35. The second-order valence-corrected chi connectivity index (χ2v) is 5.19. The number of halogens is 3. The average molecular weight is 338 g/mol. The van der Waals surface area contributed by atoms with Crippen molar-refractivity contribution in [2.45, 2.75) is 12.5 Å². The van der Waals surface area contributed by atoms with Crippen molar-refractivity contribution in [1.82, 2.24) is 10.6 Å². The van der Waals surface area contributed by atoms with Crippen molar-refractivity contribution in [3.8, 4) is 0 Å². The third-order valence-corrected chi connectivity index (χ3v) is 3.38. The summed E-state index contributed by atoms with van der Waals surface area (Å²) in [5, 5.41) is 14.9. The van der Waals surface area contributed by atoms with Gasteiger partial charge >= 0.3 is 6.03 Å². The molecule has 0 aromatic heterocycles. The first-order chi connectivity index (χ1) is 11.5. The van der Waals surface area contributed by atoms with Crippen LogP contribution in [0.2, 0.25) is 0 Å². The van der Waals surface area contributed by atoms with E-state index in [1.807, 2.05) is 6.07 Å². The Kier molecular flexibility index (Phi) is 6.20. The molecule has 24 heavy (non-hydrogen) atoms. The molecule has 2 aromatic rings. The molecule has 2 aromatic carbocycles. The van der Waals surface area contributed by atoms with Crippen LogP contribution in [0, 0.1) is 17.5 Å². The Labute approximate surface area is 137 Å². The normalized spacial score (nSPS) is 11.8. The van der Waals surface area contributed by atoms with Crippen LogP contribution >= 0.6 is 0 Å². The number of carbonyl (C=O) groups excluding carboxylic acids is 1. The zero-order valence-corrected chi connectivity index (χ0v) is 12.7. The van der Waals surface area contributed by atoms with Gasteiger partial charge in [0.25, 0.3) is 0 Å². The Hall–Kier alpha value is -2.54. The molecule has 2 amide bonds. The number of aliphatic hydroxyl groups excluding tert-OH is 1. The lowest BCUT2D eigenvalue weighted by Gasteiger charge is -2.13. The summed E-state index contributed by atoms with van der Waals surface area (Å²) < 4.78 is 38.9. The predicted octanol–water partition coefficient (Wildman–Crippen LogP) is 2.68. The summed E-state index contributed by atoms with van der Waals surface area (Å²) in [6.45, 7) is 0.132. The first kappa shape index (κ1) is 17.8. The molecule has 0 spiro atoms. The monoisotopic (exact) mass is 338 g/mol. The van der Waals surface area contributed by atoms with Crippen LogP contribution in [-0.4, -0.2) is 24.2 Å². The van der Waals surface area contributed by atoms with Gasteiger partial charge in [-0.25, -0.2) is 18.0 Å². The van der Waals surface area contributed by atoms with Gasteiger partial charge in [-0.05, 0) is 29.7 Å². The van der Waals surface area contributed by atoms with Gasteiger partial charge < -0.3 is 15.7 Å². The zero-order valence-electron chi connectivity index (χ0n) is 12.7. The lowest BCUT2D eigenvalue weighted by atomic mass is 10.1. The van der Waals surface area contributed by atoms with Gasteiger partial charge in [0, 0.05) is 13.1 Å². The van der Waals surface area contributed by atoms with Crippen LogP contribution < -0.4 is 10.6 Å². The maximum atomic E-state index is 13.1. The van der Waals surface area contributed by atoms with Crippen molar-refractivity contribution < 1.29 is 23.1 Å². The SMILES string of the molecule is O=C(NCCc1cc(F)c(F)c(F)c1)NCC(O)c1ccccc1.